The van der Waals surface area contributed by atoms with E-state index in [0.717, 1.165) is 51.8 Å². The van der Waals surface area contributed by atoms with Gasteiger partial charge in [-0.05, 0) is 75.8 Å². The molecule has 2 fully saturated rings. The van der Waals surface area contributed by atoms with Crippen LogP contribution >= 0.6 is 0 Å². The van der Waals surface area contributed by atoms with Gasteiger partial charge in [0.1, 0.15) is 0 Å². The van der Waals surface area contributed by atoms with E-state index in [2.05, 4.69) is 65.6 Å². The average molecular weight is 479 g/mol. The van der Waals surface area contributed by atoms with Gasteiger partial charge in [0, 0.05) is 37.8 Å². The highest BCUT2D eigenvalue weighted by Crippen LogP contribution is 2.31. The van der Waals surface area contributed by atoms with Crippen LogP contribution in [0.1, 0.15) is 69.9 Å². The minimum Gasteiger partial charge on any atom is -0.465 e. The Morgan fingerprint density at radius 1 is 0.886 bits per heavy atom. The minimum atomic E-state index is -0.787. The number of benzene rings is 2. The van der Waals surface area contributed by atoms with Crippen molar-refractivity contribution in [1.29, 1.82) is 0 Å². The fourth-order valence-corrected chi connectivity index (χ4v) is 6.26. The molecular formula is C30H42N2O3. The van der Waals surface area contributed by atoms with E-state index in [9.17, 15) is 9.90 Å². The maximum atomic E-state index is 11.5. The molecule has 5 nitrogen and oxygen atoms in total. The van der Waals surface area contributed by atoms with Crippen molar-refractivity contribution in [3.63, 3.8) is 0 Å². The van der Waals surface area contributed by atoms with E-state index in [0.29, 0.717) is 18.1 Å². The Morgan fingerprint density at radius 3 is 1.89 bits per heavy atom. The van der Waals surface area contributed by atoms with Crippen LogP contribution in [0.3, 0.4) is 0 Å². The number of carbonyl (C=O) groups is 1. The summed E-state index contributed by atoms with van der Waals surface area (Å²) in [6.07, 6.45) is 7.09. The van der Waals surface area contributed by atoms with Crippen LogP contribution in [0.15, 0.2) is 60.7 Å². The van der Waals surface area contributed by atoms with Gasteiger partial charge in [-0.3, -0.25) is 4.90 Å². The summed E-state index contributed by atoms with van der Waals surface area (Å²) < 4.78 is 6.35. The van der Waals surface area contributed by atoms with Crippen LogP contribution in [0.4, 0.5) is 4.79 Å². The predicted octanol–water partition coefficient (Wildman–Crippen LogP) is 6.57. The lowest BCUT2D eigenvalue weighted by molar-refractivity contribution is -0.00805. The summed E-state index contributed by atoms with van der Waals surface area (Å²) in [5, 5.41) is 9.43. The lowest BCUT2D eigenvalue weighted by atomic mass is 9.85. The van der Waals surface area contributed by atoms with E-state index in [4.69, 9.17) is 4.74 Å². The van der Waals surface area contributed by atoms with Crippen LogP contribution < -0.4 is 0 Å². The van der Waals surface area contributed by atoms with Crippen LogP contribution in [0.25, 0.3) is 0 Å². The van der Waals surface area contributed by atoms with Crippen molar-refractivity contribution >= 4 is 6.09 Å². The van der Waals surface area contributed by atoms with Crippen LogP contribution in [0.5, 0.6) is 0 Å². The molecule has 4 rings (SSSR count). The normalized spacial score (nSPS) is 27.2. The molecule has 2 aromatic carbocycles. The molecule has 1 amide bonds. The van der Waals surface area contributed by atoms with Gasteiger partial charge in [-0.2, -0.15) is 0 Å². The second-order valence-electron chi connectivity index (χ2n) is 10.7. The second kappa shape index (κ2) is 12.5. The molecule has 35 heavy (non-hydrogen) atoms. The number of nitrogens with zero attached hydrogens (tertiary/aromatic N) is 2. The lowest BCUT2D eigenvalue weighted by Crippen LogP contribution is -2.49. The zero-order chi connectivity index (χ0) is 24.6. The number of likely N-dealkylation sites (tertiary alicyclic amines) is 1. The topological polar surface area (TPSA) is 53.0 Å². The molecule has 0 bridgehead atoms. The summed E-state index contributed by atoms with van der Waals surface area (Å²) in [4.78, 5) is 15.8. The number of hydrogen-bond acceptors (Lipinski definition) is 3. The fraction of sp³-hybridized carbons (Fsp3) is 0.567. The Kier molecular flexibility index (Phi) is 9.22. The average Bonchev–Trinajstić information content (AvgIpc) is 2.85. The van der Waals surface area contributed by atoms with Crippen molar-refractivity contribution in [1.82, 2.24) is 9.80 Å². The third kappa shape index (κ3) is 7.31. The van der Waals surface area contributed by atoms with Crippen LogP contribution in [0, 0.1) is 5.92 Å². The molecule has 0 aromatic heterocycles. The summed E-state index contributed by atoms with van der Waals surface area (Å²) in [5.41, 5.74) is 2.75. The first-order valence-corrected chi connectivity index (χ1v) is 13.4. The van der Waals surface area contributed by atoms with Gasteiger partial charge < -0.3 is 14.7 Å². The van der Waals surface area contributed by atoms with Crippen molar-refractivity contribution < 1.29 is 14.6 Å². The van der Waals surface area contributed by atoms with Gasteiger partial charge in [0.25, 0.3) is 0 Å². The first kappa shape index (κ1) is 25.7. The zero-order valence-corrected chi connectivity index (χ0v) is 21.4. The Morgan fingerprint density at radius 2 is 1.40 bits per heavy atom. The van der Waals surface area contributed by atoms with Gasteiger partial charge >= 0.3 is 6.09 Å². The summed E-state index contributed by atoms with van der Waals surface area (Å²) in [6, 6.07) is 22.4. The standard InChI is InChI=1S/C30H42N2O3/c1-23-19-27(20-24(2)32(23)30(33)34)17-18-35-29-15-13-28(14-16-29)31(21-25-9-5-3-6-10-25)22-26-11-7-4-8-12-26/h3-12,23-24,27-29H,13-22H2,1-2H3,(H,33,34)/t23-,24?,27?,28-,29-/m0/s1. The molecule has 190 valence electrons. The highest BCUT2D eigenvalue weighted by atomic mass is 16.5. The third-order valence-corrected chi connectivity index (χ3v) is 8.02. The van der Waals surface area contributed by atoms with Crippen LogP contribution in [0.2, 0.25) is 0 Å². The largest absolute Gasteiger partial charge is 0.465 e. The highest BCUT2D eigenvalue weighted by molar-refractivity contribution is 5.66. The van der Waals surface area contributed by atoms with Gasteiger partial charge in [-0.1, -0.05) is 60.7 Å². The van der Waals surface area contributed by atoms with Crippen molar-refractivity contribution in [3.8, 4) is 0 Å². The Balaban J connectivity index is 1.24. The van der Waals surface area contributed by atoms with Gasteiger partial charge in [-0.25, -0.2) is 4.79 Å². The van der Waals surface area contributed by atoms with Crippen molar-refractivity contribution in [2.75, 3.05) is 6.61 Å². The first-order chi connectivity index (χ1) is 17.0. The van der Waals surface area contributed by atoms with E-state index < -0.39 is 6.09 Å². The molecule has 0 spiro atoms. The van der Waals surface area contributed by atoms with Crippen LogP contribution in [-0.2, 0) is 17.8 Å². The predicted molar refractivity (Wildman–Crippen MR) is 140 cm³/mol. The van der Waals surface area contributed by atoms with E-state index in [1.165, 1.54) is 24.0 Å². The van der Waals surface area contributed by atoms with Gasteiger partial charge in [-0.15, -0.1) is 0 Å². The molecule has 2 aromatic rings. The maximum Gasteiger partial charge on any atom is 0.407 e. The van der Waals surface area contributed by atoms with Crippen molar-refractivity contribution in [3.05, 3.63) is 71.8 Å². The number of hydrogen-bond donors (Lipinski definition) is 1. The molecule has 5 heteroatoms. The van der Waals surface area contributed by atoms with Gasteiger partial charge in [0.2, 0.25) is 0 Å². The van der Waals surface area contributed by atoms with Crippen LogP contribution in [-0.4, -0.2) is 51.8 Å². The second-order valence-corrected chi connectivity index (χ2v) is 10.7. The zero-order valence-electron chi connectivity index (χ0n) is 21.4. The third-order valence-electron chi connectivity index (χ3n) is 8.02. The molecule has 1 aliphatic carbocycles. The molecule has 1 aliphatic heterocycles. The molecule has 1 saturated carbocycles. The molecule has 3 atom stereocenters. The molecule has 1 heterocycles. The van der Waals surface area contributed by atoms with Crippen molar-refractivity contribution in [2.45, 2.75) is 96.1 Å². The Bertz CT molecular complexity index is 845. The molecule has 0 radical (unpaired) electrons. The lowest BCUT2D eigenvalue weighted by Gasteiger charge is -2.41. The number of ether oxygens (including phenoxy) is 1. The molecule has 2 unspecified atom stereocenters. The SMILES string of the molecule is CC1CC(CCO[C@H]2CC[C@H](N(Cc3ccccc3)Cc3ccccc3)CC2)C[C@H](C)N1C(=O)O. The molecular weight excluding hydrogens is 436 g/mol. The number of rotatable bonds is 9. The quantitative estimate of drug-likeness (QED) is 0.443. The van der Waals surface area contributed by atoms with E-state index >= 15 is 0 Å². The Hall–Kier alpha value is -2.37. The molecule has 1 N–H and O–H groups in total. The fourth-order valence-electron chi connectivity index (χ4n) is 6.26. The van der Waals surface area contributed by atoms with E-state index in [1.54, 1.807) is 4.90 Å². The smallest absolute Gasteiger partial charge is 0.407 e. The highest BCUT2D eigenvalue weighted by Gasteiger charge is 2.34. The number of amides is 1. The van der Waals surface area contributed by atoms with Gasteiger partial charge in [0.15, 0.2) is 0 Å². The summed E-state index contributed by atoms with van der Waals surface area (Å²) in [5.74, 6) is 0.555. The molecule has 2 aliphatic rings. The van der Waals surface area contributed by atoms with E-state index in [1.807, 2.05) is 13.8 Å². The minimum absolute atomic E-state index is 0.0944. The van der Waals surface area contributed by atoms with E-state index in [-0.39, 0.29) is 12.1 Å². The maximum absolute atomic E-state index is 11.5. The number of carboxylic acid groups (broad SMARTS) is 1. The monoisotopic (exact) mass is 478 g/mol. The first-order valence-electron chi connectivity index (χ1n) is 13.4. The summed E-state index contributed by atoms with van der Waals surface area (Å²) >= 11 is 0. The Labute approximate surface area is 211 Å². The van der Waals surface area contributed by atoms with Gasteiger partial charge in [0.05, 0.1) is 6.10 Å². The van der Waals surface area contributed by atoms with Crippen molar-refractivity contribution in [2.24, 2.45) is 5.92 Å². The summed E-state index contributed by atoms with van der Waals surface area (Å²) in [6.45, 7) is 6.84. The summed E-state index contributed by atoms with van der Waals surface area (Å²) in [7, 11) is 0. The molecule has 1 saturated heterocycles. The number of piperidine rings is 1.